The van der Waals surface area contributed by atoms with Crippen LogP contribution >= 0.6 is 0 Å². The molecular formula is C11H11F2N. The smallest absolute Gasteiger partial charge is 0.256 e. The molecule has 14 heavy (non-hydrogen) atoms. The van der Waals surface area contributed by atoms with Crippen LogP contribution in [0.2, 0.25) is 0 Å². The molecule has 1 nitrogen and oxygen atoms in total. The Morgan fingerprint density at radius 2 is 2.00 bits per heavy atom. The predicted molar refractivity (Wildman–Crippen MR) is 52.7 cm³/mol. The van der Waals surface area contributed by atoms with Crippen LogP contribution in [-0.4, -0.2) is 11.0 Å². The minimum absolute atomic E-state index is 0.223. The van der Waals surface area contributed by atoms with E-state index in [0.29, 0.717) is 0 Å². The molecule has 0 saturated carbocycles. The Morgan fingerprint density at radius 3 is 2.71 bits per heavy atom. The lowest BCUT2D eigenvalue weighted by atomic mass is 10.2. The van der Waals surface area contributed by atoms with Crippen LogP contribution in [0.4, 0.5) is 8.78 Å². The van der Waals surface area contributed by atoms with E-state index in [9.17, 15) is 8.78 Å². The summed E-state index contributed by atoms with van der Waals surface area (Å²) in [6.07, 6.45) is -2.30. The van der Waals surface area contributed by atoms with Gasteiger partial charge in [0.1, 0.15) is 0 Å². The molecule has 1 heterocycles. The van der Waals surface area contributed by atoms with E-state index < -0.39 is 6.43 Å². The van der Waals surface area contributed by atoms with E-state index in [4.69, 9.17) is 0 Å². The first-order valence-corrected chi connectivity index (χ1v) is 4.51. The summed E-state index contributed by atoms with van der Waals surface area (Å²) in [6.45, 7) is 1.63. The molecule has 74 valence electrons. The maximum atomic E-state index is 12.3. The molecule has 2 rings (SSSR count). The maximum Gasteiger partial charge on any atom is 0.256 e. The number of para-hydroxylation sites is 1. The van der Waals surface area contributed by atoms with Crippen LogP contribution in [-0.2, 0) is 6.54 Å². The summed E-state index contributed by atoms with van der Waals surface area (Å²) in [5, 5.41) is 1.02. The molecule has 3 heteroatoms. The summed E-state index contributed by atoms with van der Waals surface area (Å²) in [5.74, 6) is 0. The van der Waals surface area contributed by atoms with E-state index in [2.05, 4.69) is 0 Å². The SMILES string of the molecule is Cc1cc2ccccc2n1CC(F)F. The Hall–Kier alpha value is -1.38. The van der Waals surface area contributed by atoms with Crippen molar-refractivity contribution in [2.75, 3.05) is 0 Å². The zero-order valence-electron chi connectivity index (χ0n) is 7.87. The van der Waals surface area contributed by atoms with Gasteiger partial charge < -0.3 is 4.57 Å². The molecule has 0 aliphatic carbocycles. The molecule has 0 spiro atoms. The second-order valence-electron chi connectivity index (χ2n) is 3.35. The van der Waals surface area contributed by atoms with Crippen LogP contribution in [0.3, 0.4) is 0 Å². The topological polar surface area (TPSA) is 4.93 Å². The van der Waals surface area contributed by atoms with Gasteiger partial charge >= 0.3 is 0 Å². The number of fused-ring (bicyclic) bond motifs is 1. The van der Waals surface area contributed by atoms with E-state index in [0.717, 1.165) is 16.6 Å². The predicted octanol–water partition coefficient (Wildman–Crippen LogP) is 3.21. The van der Waals surface area contributed by atoms with Gasteiger partial charge in [0, 0.05) is 11.2 Å². The van der Waals surface area contributed by atoms with Gasteiger partial charge in [-0.05, 0) is 24.4 Å². The van der Waals surface area contributed by atoms with Crippen molar-refractivity contribution in [3.05, 3.63) is 36.0 Å². The molecule has 0 bridgehead atoms. The molecule has 1 aromatic carbocycles. The average Bonchev–Trinajstić information content (AvgIpc) is 2.43. The lowest BCUT2D eigenvalue weighted by Gasteiger charge is -2.06. The summed E-state index contributed by atoms with van der Waals surface area (Å²) < 4.78 is 26.2. The first-order valence-electron chi connectivity index (χ1n) is 4.51. The Morgan fingerprint density at radius 1 is 1.29 bits per heavy atom. The average molecular weight is 195 g/mol. The molecule has 0 amide bonds. The normalized spacial score (nSPS) is 11.4. The van der Waals surface area contributed by atoms with Crippen molar-refractivity contribution in [3.63, 3.8) is 0 Å². The number of alkyl halides is 2. The number of rotatable bonds is 2. The summed E-state index contributed by atoms with van der Waals surface area (Å²) in [6, 6.07) is 9.50. The van der Waals surface area contributed by atoms with Gasteiger partial charge in [0.05, 0.1) is 6.54 Å². The highest BCUT2D eigenvalue weighted by Gasteiger charge is 2.09. The number of aromatic nitrogens is 1. The second kappa shape index (κ2) is 3.40. The summed E-state index contributed by atoms with van der Waals surface area (Å²) in [7, 11) is 0. The van der Waals surface area contributed by atoms with Crippen LogP contribution in [0.1, 0.15) is 5.69 Å². The lowest BCUT2D eigenvalue weighted by molar-refractivity contribution is 0.127. The molecule has 0 aliphatic heterocycles. The first-order chi connectivity index (χ1) is 6.68. The highest BCUT2D eigenvalue weighted by atomic mass is 19.3. The number of hydrogen-bond acceptors (Lipinski definition) is 0. The minimum atomic E-state index is -2.30. The lowest BCUT2D eigenvalue weighted by Crippen LogP contribution is -2.07. The fourth-order valence-electron chi connectivity index (χ4n) is 1.73. The highest BCUT2D eigenvalue weighted by Crippen LogP contribution is 2.19. The van der Waals surface area contributed by atoms with Crippen molar-refractivity contribution < 1.29 is 8.78 Å². The van der Waals surface area contributed by atoms with Crippen LogP contribution in [0.5, 0.6) is 0 Å². The molecule has 0 fully saturated rings. The van der Waals surface area contributed by atoms with Crippen molar-refractivity contribution in [2.24, 2.45) is 0 Å². The first kappa shape index (κ1) is 9.19. The molecule has 0 unspecified atom stereocenters. The third kappa shape index (κ3) is 1.50. The Bertz CT molecular complexity index is 445. The summed E-state index contributed by atoms with van der Waals surface area (Å²) >= 11 is 0. The van der Waals surface area contributed by atoms with E-state index >= 15 is 0 Å². The molecule has 0 aliphatic rings. The highest BCUT2D eigenvalue weighted by molar-refractivity contribution is 5.81. The molecular weight excluding hydrogens is 184 g/mol. The van der Waals surface area contributed by atoms with Crippen molar-refractivity contribution >= 4 is 10.9 Å². The van der Waals surface area contributed by atoms with Crippen molar-refractivity contribution in [3.8, 4) is 0 Å². The maximum absolute atomic E-state index is 12.3. The third-order valence-corrected chi connectivity index (χ3v) is 2.34. The van der Waals surface area contributed by atoms with Gasteiger partial charge in [0.2, 0.25) is 0 Å². The molecule has 0 atom stereocenters. The summed E-state index contributed by atoms with van der Waals surface area (Å²) in [5.41, 5.74) is 1.76. The van der Waals surface area contributed by atoms with E-state index in [-0.39, 0.29) is 6.54 Å². The molecule has 0 radical (unpaired) electrons. The van der Waals surface area contributed by atoms with E-state index in [1.165, 1.54) is 0 Å². The minimum Gasteiger partial charge on any atom is -0.339 e. The Balaban J connectivity index is 2.56. The monoisotopic (exact) mass is 195 g/mol. The largest absolute Gasteiger partial charge is 0.339 e. The number of nitrogens with zero attached hydrogens (tertiary/aromatic N) is 1. The van der Waals surface area contributed by atoms with Crippen molar-refractivity contribution in [1.29, 1.82) is 0 Å². The zero-order valence-corrected chi connectivity index (χ0v) is 7.87. The van der Waals surface area contributed by atoms with Crippen molar-refractivity contribution in [2.45, 2.75) is 19.9 Å². The van der Waals surface area contributed by atoms with Crippen LogP contribution < -0.4 is 0 Å². The number of halogens is 2. The molecule has 2 aromatic rings. The molecule has 0 saturated heterocycles. The van der Waals surface area contributed by atoms with Crippen molar-refractivity contribution in [1.82, 2.24) is 4.57 Å². The molecule has 1 aromatic heterocycles. The van der Waals surface area contributed by atoms with Crippen LogP contribution in [0, 0.1) is 6.92 Å². The van der Waals surface area contributed by atoms with Gasteiger partial charge in [0.25, 0.3) is 6.43 Å². The molecule has 0 N–H and O–H groups in total. The van der Waals surface area contributed by atoms with Gasteiger partial charge in [-0.25, -0.2) is 8.78 Å². The fourth-order valence-corrected chi connectivity index (χ4v) is 1.73. The zero-order chi connectivity index (χ0) is 10.1. The number of hydrogen-bond donors (Lipinski definition) is 0. The van der Waals surface area contributed by atoms with Gasteiger partial charge in [-0.15, -0.1) is 0 Å². The van der Waals surface area contributed by atoms with Gasteiger partial charge in [-0.2, -0.15) is 0 Å². The van der Waals surface area contributed by atoms with Gasteiger partial charge in [0.15, 0.2) is 0 Å². The second-order valence-corrected chi connectivity index (χ2v) is 3.35. The standard InChI is InChI=1S/C11H11F2N/c1-8-6-9-4-2-3-5-10(9)14(8)7-11(12)13/h2-6,11H,7H2,1H3. The van der Waals surface area contributed by atoms with Crippen LogP contribution in [0.15, 0.2) is 30.3 Å². The number of aryl methyl sites for hydroxylation is 1. The van der Waals surface area contributed by atoms with E-state index in [1.807, 2.05) is 37.3 Å². The Labute approximate surface area is 81.0 Å². The Kier molecular flexibility index (Phi) is 2.23. The van der Waals surface area contributed by atoms with Crippen LogP contribution in [0.25, 0.3) is 10.9 Å². The van der Waals surface area contributed by atoms with Gasteiger partial charge in [-0.3, -0.25) is 0 Å². The fraction of sp³-hybridized carbons (Fsp3) is 0.273. The summed E-state index contributed by atoms with van der Waals surface area (Å²) in [4.78, 5) is 0. The quantitative estimate of drug-likeness (QED) is 0.693. The number of benzene rings is 1. The third-order valence-electron chi connectivity index (χ3n) is 2.34. The van der Waals surface area contributed by atoms with Gasteiger partial charge in [-0.1, -0.05) is 18.2 Å². The van der Waals surface area contributed by atoms with E-state index in [1.54, 1.807) is 4.57 Å².